The second-order valence-corrected chi connectivity index (χ2v) is 10.0. The zero-order chi connectivity index (χ0) is 25.5. The van der Waals surface area contributed by atoms with E-state index < -0.39 is 0 Å². The number of carbonyl (C=O) groups is 2. The fourth-order valence-electron chi connectivity index (χ4n) is 4.20. The molecule has 184 valence electrons. The summed E-state index contributed by atoms with van der Waals surface area (Å²) in [6.07, 6.45) is 3.49. The molecule has 0 spiro atoms. The van der Waals surface area contributed by atoms with E-state index in [1.54, 1.807) is 18.4 Å². The van der Waals surface area contributed by atoms with E-state index in [1.807, 2.05) is 42.3 Å². The molecule has 1 atom stereocenters. The number of fused-ring (bicyclic) bond motifs is 1. The van der Waals surface area contributed by atoms with Crippen LogP contribution in [0.25, 0.3) is 21.9 Å². The molecule has 0 aliphatic rings. The number of aryl methyl sites for hydroxylation is 1. The number of halogens is 1. The number of benzene rings is 2. The van der Waals surface area contributed by atoms with Gasteiger partial charge in [0.05, 0.1) is 10.9 Å². The number of nitrogens with zero attached hydrogens (tertiary/aromatic N) is 1. The second-order valence-electron chi connectivity index (χ2n) is 8.56. The molecule has 2 N–H and O–H groups in total. The van der Waals surface area contributed by atoms with Crippen LogP contribution >= 0.6 is 22.9 Å². The maximum absolute atomic E-state index is 12.4. The predicted octanol–water partition coefficient (Wildman–Crippen LogP) is 5.79. The monoisotopic (exact) mass is 509 g/mol. The molecule has 1 heterocycles. The van der Waals surface area contributed by atoms with Gasteiger partial charge in [0.25, 0.3) is 0 Å². The van der Waals surface area contributed by atoms with Crippen LogP contribution in [0.2, 0.25) is 5.02 Å². The Hall–Kier alpha value is -2.93. The number of aldehydes is 1. The number of nitrogens with one attached hydrogen (secondary N) is 2. The molecule has 35 heavy (non-hydrogen) atoms. The molecule has 1 amide bonds. The van der Waals surface area contributed by atoms with E-state index in [9.17, 15) is 9.59 Å². The van der Waals surface area contributed by atoms with Crippen LogP contribution in [0.3, 0.4) is 0 Å². The molecule has 1 unspecified atom stereocenters. The highest BCUT2D eigenvalue weighted by Crippen LogP contribution is 2.35. The summed E-state index contributed by atoms with van der Waals surface area (Å²) in [6, 6.07) is 11.8. The molecule has 0 fully saturated rings. The van der Waals surface area contributed by atoms with Gasteiger partial charge in [-0.2, -0.15) is 0 Å². The molecule has 3 aromatic rings. The number of likely N-dealkylation sites (N-methyl/N-ethyl adjacent to an activating group) is 2. The topological polar surface area (TPSA) is 61.4 Å². The standard InChI is InChI=1S/C28H32ClN3O2S/c1-6-21-10-9-20(14-22(21)17-32(5)25(8-7-13-33)28(34)30-4)16-31-19(3)27-18(2)24-15-23(29)11-12-26(24)35-27/h6,9-15,25,31H,1,3,7-8,16-17H2,2,4-5H3,(H,30,34). The number of carbonyl (C=O) groups excluding carboxylic acids is 2. The zero-order valence-corrected chi connectivity index (χ0v) is 22.1. The van der Waals surface area contributed by atoms with Crippen molar-refractivity contribution < 1.29 is 9.59 Å². The minimum Gasteiger partial charge on any atom is -0.380 e. The van der Waals surface area contributed by atoms with Gasteiger partial charge in [-0.25, -0.2) is 0 Å². The lowest BCUT2D eigenvalue weighted by Crippen LogP contribution is -2.43. The first-order chi connectivity index (χ1) is 16.8. The van der Waals surface area contributed by atoms with Crippen molar-refractivity contribution in [3.05, 3.63) is 81.7 Å². The Morgan fingerprint density at radius 1 is 1.26 bits per heavy atom. The molecule has 0 aliphatic carbocycles. The quantitative estimate of drug-likeness (QED) is 0.303. The summed E-state index contributed by atoms with van der Waals surface area (Å²) in [5, 5.41) is 8.06. The van der Waals surface area contributed by atoms with Gasteiger partial charge in [0, 0.05) is 42.0 Å². The number of hydrogen-bond acceptors (Lipinski definition) is 5. The van der Waals surface area contributed by atoms with Crippen molar-refractivity contribution in [3.63, 3.8) is 0 Å². The van der Waals surface area contributed by atoms with Crippen molar-refractivity contribution in [2.24, 2.45) is 0 Å². The summed E-state index contributed by atoms with van der Waals surface area (Å²) in [5.74, 6) is -0.0939. The Kier molecular flexibility index (Phi) is 9.26. The highest BCUT2D eigenvalue weighted by atomic mass is 35.5. The molecular weight excluding hydrogens is 478 g/mol. The third-order valence-corrected chi connectivity index (χ3v) is 7.73. The molecule has 5 nitrogen and oxygen atoms in total. The summed E-state index contributed by atoms with van der Waals surface area (Å²) in [4.78, 5) is 26.4. The smallest absolute Gasteiger partial charge is 0.237 e. The highest BCUT2D eigenvalue weighted by Gasteiger charge is 2.22. The van der Waals surface area contributed by atoms with Gasteiger partial charge in [-0.15, -0.1) is 11.3 Å². The lowest BCUT2D eigenvalue weighted by atomic mass is 10.0. The van der Waals surface area contributed by atoms with Gasteiger partial charge in [-0.05, 0) is 66.2 Å². The van der Waals surface area contributed by atoms with Gasteiger partial charge < -0.3 is 15.4 Å². The molecule has 3 rings (SSSR count). The van der Waals surface area contributed by atoms with Crippen molar-refractivity contribution in [3.8, 4) is 0 Å². The summed E-state index contributed by atoms with van der Waals surface area (Å²) >= 11 is 7.89. The van der Waals surface area contributed by atoms with Crippen molar-refractivity contribution in [1.82, 2.24) is 15.5 Å². The molecule has 1 aromatic heterocycles. The molecule has 7 heteroatoms. The van der Waals surface area contributed by atoms with Crippen molar-refractivity contribution in [2.45, 2.75) is 38.9 Å². The SMILES string of the molecule is C=Cc1ccc(CNC(=C)c2sc3ccc(Cl)cc3c2C)cc1CN(C)C(CCC=O)C(=O)NC. The molecule has 2 aromatic carbocycles. The lowest BCUT2D eigenvalue weighted by Gasteiger charge is -2.27. The molecule has 0 aliphatic heterocycles. The fourth-order valence-corrected chi connectivity index (χ4v) is 5.51. The van der Waals surface area contributed by atoms with Gasteiger partial charge in [-0.3, -0.25) is 9.69 Å². The maximum atomic E-state index is 12.4. The first-order valence-corrected chi connectivity index (χ1v) is 12.7. The van der Waals surface area contributed by atoms with Crippen LogP contribution in [0.5, 0.6) is 0 Å². The summed E-state index contributed by atoms with van der Waals surface area (Å²) in [6.45, 7) is 11.5. The molecular formula is C28H32ClN3O2S. The second kappa shape index (κ2) is 12.2. The van der Waals surface area contributed by atoms with E-state index in [0.29, 0.717) is 25.9 Å². The molecule has 0 radical (unpaired) electrons. The Morgan fingerprint density at radius 3 is 2.71 bits per heavy atom. The normalized spacial score (nSPS) is 11.9. The van der Waals surface area contributed by atoms with Gasteiger partial charge in [0.2, 0.25) is 5.91 Å². The van der Waals surface area contributed by atoms with Crippen LogP contribution in [-0.4, -0.2) is 37.2 Å². The Balaban J connectivity index is 1.75. The van der Waals surface area contributed by atoms with Crippen LogP contribution in [0.1, 0.15) is 40.0 Å². The summed E-state index contributed by atoms with van der Waals surface area (Å²) < 4.78 is 1.19. The summed E-state index contributed by atoms with van der Waals surface area (Å²) in [7, 11) is 3.52. The van der Waals surface area contributed by atoms with Crippen LogP contribution in [0.15, 0.2) is 49.6 Å². The average molecular weight is 510 g/mol. The Morgan fingerprint density at radius 2 is 2.03 bits per heavy atom. The first-order valence-electron chi connectivity index (χ1n) is 11.5. The van der Waals surface area contributed by atoms with Crippen LogP contribution in [0.4, 0.5) is 0 Å². The van der Waals surface area contributed by atoms with Gasteiger partial charge in [0.1, 0.15) is 6.29 Å². The molecule has 0 saturated carbocycles. The van der Waals surface area contributed by atoms with E-state index in [4.69, 9.17) is 11.6 Å². The van der Waals surface area contributed by atoms with Crippen LogP contribution in [0, 0.1) is 6.92 Å². The van der Waals surface area contributed by atoms with Crippen molar-refractivity contribution in [1.29, 1.82) is 0 Å². The highest BCUT2D eigenvalue weighted by molar-refractivity contribution is 7.20. The third kappa shape index (κ3) is 6.40. The first kappa shape index (κ1) is 26.7. The molecule has 0 bridgehead atoms. The van der Waals surface area contributed by atoms with Gasteiger partial charge in [-0.1, -0.05) is 49.0 Å². The van der Waals surface area contributed by atoms with Crippen LogP contribution < -0.4 is 10.6 Å². The maximum Gasteiger partial charge on any atom is 0.237 e. The van der Waals surface area contributed by atoms with E-state index in [0.717, 1.165) is 44.0 Å². The average Bonchev–Trinajstić information content (AvgIpc) is 3.18. The minimum absolute atomic E-state index is 0.0939. The van der Waals surface area contributed by atoms with E-state index in [1.165, 1.54) is 10.3 Å². The number of amides is 1. The number of rotatable bonds is 12. The minimum atomic E-state index is -0.381. The van der Waals surface area contributed by atoms with Crippen molar-refractivity contribution >= 4 is 57.0 Å². The van der Waals surface area contributed by atoms with Gasteiger partial charge in [0.15, 0.2) is 0 Å². The third-order valence-electron chi connectivity index (χ3n) is 6.16. The summed E-state index contributed by atoms with van der Waals surface area (Å²) in [5.41, 5.74) is 5.24. The van der Waals surface area contributed by atoms with Gasteiger partial charge >= 0.3 is 0 Å². The Bertz CT molecular complexity index is 1250. The largest absolute Gasteiger partial charge is 0.380 e. The number of hydrogen-bond donors (Lipinski definition) is 2. The molecule has 0 saturated heterocycles. The predicted molar refractivity (Wildman–Crippen MR) is 149 cm³/mol. The lowest BCUT2D eigenvalue weighted by molar-refractivity contribution is -0.126. The zero-order valence-electron chi connectivity index (χ0n) is 20.5. The van der Waals surface area contributed by atoms with Crippen molar-refractivity contribution in [2.75, 3.05) is 14.1 Å². The Labute approximate surface area is 216 Å². The van der Waals surface area contributed by atoms with Crippen LogP contribution in [-0.2, 0) is 22.7 Å². The number of thiophene rings is 1. The van der Waals surface area contributed by atoms with E-state index in [2.05, 4.69) is 42.8 Å². The fraction of sp³-hybridized carbons (Fsp3) is 0.286. The van der Waals surface area contributed by atoms with E-state index in [-0.39, 0.29) is 11.9 Å². The van der Waals surface area contributed by atoms with E-state index >= 15 is 0 Å².